The maximum absolute atomic E-state index is 12.9. The van der Waals surface area contributed by atoms with E-state index in [4.69, 9.17) is 5.26 Å². The van der Waals surface area contributed by atoms with Gasteiger partial charge in [0.15, 0.2) is 0 Å². The summed E-state index contributed by atoms with van der Waals surface area (Å²) in [7, 11) is 0. The molecular formula is C14H9F3N2O. The number of alkyl halides is 3. The van der Waals surface area contributed by atoms with Crippen LogP contribution in [0.25, 0.3) is 0 Å². The zero-order chi connectivity index (χ0) is 14.5. The Labute approximate surface area is 112 Å². The molecular weight excluding hydrogens is 269 g/mol. The third-order valence-corrected chi connectivity index (χ3v) is 3.65. The van der Waals surface area contributed by atoms with Gasteiger partial charge in [0.25, 0.3) is 0 Å². The minimum atomic E-state index is -4.61. The van der Waals surface area contributed by atoms with Crippen molar-refractivity contribution in [3.05, 3.63) is 41.5 Å². The summed E-state index contributed by atoms with van der Waals surface area (Å²) in [6.07, 6.45) is -0.381. The molecule has 0 radical (unpaired) electrons. The summed E-state index contributed by atoms with van der Waals surface area (Å²) in [6.45, 7) is 0. The van der Waals surface area contributed by atoms with Crippen molar-refractivity contribution in [3.8, 4) is 6.07 Å². The predicted octanol–water partition coefficient (Wildman–Crippen LogP) is 2.87. The lowest BCUT2D eigenvalue weighted by atomic mass is 10.1. The second-order valence-corrected chi connectivity index (χ2v) is 4.84. The normalized spacial score (nSPS) is 24.3. The van der Waals surface area contributed by atoms with Crippen LogP contribution in [0.4, 0.5) is 18.9 Å². The zero-order valence-electron chi connectivity index (χ0n) is 10.2. The van der Waals surface area contributed by atoms with Crippen LogP contribution in [0, 0.1) is 17.2 Å². The molecule has 3 rings (SSSR count). The number of rotatable bonds is 1. The van der Waals surface area contributed by atoms with Gasteiger partial charge in [-0.1, -0.05) is 12.2 Å². The number of amides is 1. The summed E-state index contributed by atoms with van der Waals surface area (Å²) in [6, 6.07) is 4.73. The van der Waals surface area contributed by atoms with Gasteiger partial charge in [-0.15, -0.1) is 0 Å². The Morgan fingerprint density at radius 1 is 1.30 bits per heavy atom. The Balaban J connectivity index is 2.07. The molecule has 1 saturated heterocycles. The first-order chi connectivity index (χ1) is 9.41. The second-order valence-electron chi connectivity index (χ2n) is 4.84. The Bertz CT molecular complexity index is 657. The maximum atomic E-state index is 12.9. The Kier molecular flexibility index (Phi) is 2.61. The maximum Gasteiger partial charge on any atom is 0.417 e. The van der Waals surface area contributed by atoms with Gasteiger partial charge in [-0.25, -0.2) is 0 Å². The molecule has 102 valence electrons. The van der Waals surface area contributed by atoms with Crippen molar-refractivity contribution in [3.63, 3.8) is 0 Å². The first kappa shape index (κ1) is 12.7. The smallest absolute Gasteiger partial charge is 0.305 e. The van der Waals surface area contributed by atoms with Crippen molar-refractivity contribution in [2.75, 3.05) is 4.90 Å². The van der Waals surface area contributed by atoms with Crippen molar-refractivity contribution >= 4 is 11.6 Å². The highest BCUT2D eigenvalue weighted by Gasteiger charge is 2.42. The molecule has 1 aliphatic carbocycles. The van der Waals surface area contributed by atoms with E-state index in [0.29, 0.717) is 6.42 Å². The third kappa shape index (κ3) is 1.78. The van der Waals surface area contributed by atoms with E-state index in [9.17, 15) is 18.0 Å². The molecule has 1 aromatic carbocycles. The quantitative estimate of drug-likeness (QED) is 0.741. The van der Waals surface area contributed by atoms with Gasteiger partial charge in [0.05, 0.1) is 29.2 Å². The van der Waals surface area contributed by atoms with Crippen LogP contribution in [0.2, 0.25) is 0 Å². The fourth-order valence-corrected chi connectivity index (χ4v) is 2.73. The second kappa shape index (κ2) is 4.10. The lowest BCUT2D eigenvalue weighted by Crippen LogP contribution is -2.34. The van der Waals surface area contributed by atoms with Crippen molar-refractivity contribution in [1.29, 1.82) is 5.26 Å². The number of benzene rings is 1. The molecule has 20 heavy (non-hydrogen) atoms. The average Bonchev–Trinajstić information content (AvgIpc) is 2.98. The van der Waals surface area contributed by atoms with Gasteiger partial charge in [-0.3, -0.25) is 4.79 Å². The number of halogens is 3. The lowest BCUT2D eigenvalue weighted by Gasteiger charge is -2.25. The summed E-state index contributed by atoms with van der Waals surface area (Å²) in [5, 5.41) is 8.75. The molecule has 2 aliphatic rings. The molecule has 0 spiro atoms. The molecule has 2 unspecified atom stereocenters. The average molecular weight is 278 g/mol. The number of hydrogen-bond acceptors (Lipinski definition) is 2. The molecule has 1 heterocycles. The number of carbonyl (C=O) groups excluding carboxylic acids is 1. The van der Waals surface area contributed by atoms with Crippen LogP contribution in [0.3, 0.4) is 0 Å². The van der Waals surface area contributed by atoms with E-state index in [0.717, 1.165) is 12.1 Å². The van der Waals surface area contributed by atoms with Crippen LogP contribution in [-0.2, 0) is 11.0 Å². The van der Waals surface area contributed by atoms with Crippen LogP contribution >= 0.6 is 0 Å². The number of carbonyl (C=O) groups is 1. The monoisotopic (exact) mass is 278 g/mol. The van der Waals surface area contributed by atoms with Crippen molar-refractivity contribution in [2.45, 2.75) is 18.6 Å². The summed E-state index contributed by atoms with van der Waals surface area (Å²) in [5.41, 5.74) is -1.25. The molecule has 0 N–H and O–H groups in total. The summed E-state index contributed by atoms with van der Waals surface area (Å²) < 4.78 is 38.8. The number of hydrogen-bond donors (Lipinski definition) is 0. The standard InChI is InChI=1S/C14H9F3N2O/c15-14(16,17)12-6-11(4-2-9(12)7-18)19-10-3-1-8(5-10)13(19)20/h1-4,6,8,10H,5H2. The van der Waals surface area contributed by atoms with Crippen LogP contribution in [0.15, 0.2) is 30.4 Å². The highest BCUT2D eigenvalue weighted by Crippen LogP contribution is 2.39. The Hall–Kier alpha value is -2.29. The molecule has 6 heteroatoms. The highest BCUT2D eigenvalue weighted by molar-refractivity contribution is 6.01. The van der Waals surface area contributed by atoms with Gasteiger partial charge in [0.1, 0.15) is 0 Å². The number of nitriles is 1. The predicted molar refractivity (Wildman–Crippen MR) is 64.7 cm³/mol. The van der Waals surface area contributed by atoms with Crippen LogP contribution in [0.1, 0.15) is 17.5 Å². The fourth-order valence-electron chi connectivity index (χ4n) is 2.73. The topological polar surface area (TPSA) is 44.1 Å². The van der Waals surface area contributed by atoms with E-state index < -0.39 is 17.3 Å². The van der Waals surface area contributed by atoms with Crippen molar-refractivity contribution < 1.29 is 18.0 Å². The van der Waals surface area contributed by atoms with E-state index in [1.807, 2.05) is 6.08 Å². The fraction of sp³-hybridized carbons (Fsp3) is 0.286. The van der Waals surface area contributed by atoms with Gasteiger partial charge in [-0.05, 0) is 24.6 Å². The minimum Gasteiger partial charge on any atom is -0.305 e. The molecule has 2 atom stereocenters. The van der Waals surface area contributed by atoms with E-state index in [-0.39, 0.29) is 23.6 Å². The Morgan fingerprint density at radius 2 is 2.05 bits per heavy atom. The third-order valence-electron chi connectivity index (χ3n) is 3.65. The SMILES string of the molecule is N#Cc1ccc(N2C(=O)C3C=CC2C3)cc1C(F)(F)F. The summed E-state index contributed by atoms with van der Waals surface area (Å²) in [4.78, 5) is 13.4. The van der Waals surface area contributed by atoms with E-state index in [2.05, 4.69) is 0 Å². The molecule has 1 fully saturated rings. The van der Waals surface area contributed by atoms with Crippen molar-refractivity contribution in [1.82, 2.24) is 0 Å². The van der Waals surface area contributed by atoms with Crippen molar-refractivity contribution in [2.24, 2.45) is 5.92 Å². The molecule has 2 bridgehead atoms. The molecule has 0 saturated carbocycles. The number of fused-ring (bicyclic) bond motifs is 2. The molecule has 0 aromatic heterocycles. The molecule has 1 amide bonds. The summed E-state index contributed by atoms with van der Waals surface area (Å²) in [5.74, 6) is -0.416. The van der Waals surface area contributed by atoms with Gasteiger partial charge in [-0.2, -0.15) is 18.4 Å². The van der Waals surface area contributed by atoms with E-state index in [1.54, 1.807) is 6.08 Å². The molecule has 1 aromatic rings. The van der Waals surface area contributed by atoms with Crippen LogP contribution in [0.5, 0.6) is 0 Å². The van der Waals surface area contributed by atoms with Gasteiger partial charge >= 0.3 is 6.18 Å². The highest BCUT2D eigenvalue weighted by atomic mass is 19.4. The van der Waals surface area contributed by atoms with Gasteiger partial charge in [0, 0.05) is 5.69 Å². The molecule has 1 aliphatic heterocycles. The van der Waals surface area contributed by atoms with Gasteiger partial charge < -0.3 is 4.90 Å². The zero-order valence-corrected chi connectivity index (χ0v) is 10.2. The lowest BCUT2D eigenvalue weighted by molar-refractivity contribution is -0.137. The molecule has 3 nitrogen and oxygen atoms in total. The first-order valence-corrected chi connectivity index (χ1v) is 6.04. The van der Waals surface area contributed by atoms with Crippen LogP contribution < -0.4 is 4.90 Å². The minimum absolute atomic E-state index is 0.179. The van der Waals surface area contributed by atoms with E-state index >= 15 is 0 Å². The van der Waals surface area contributed by atoms with E-state index in [1.165, 1.54) is 17.0 Å². The number of anilines is 1. The number of nitrogens with zero attached hydrogens (tertiary/aromatic N) is 2. The largest absolute Gasteiger partial charge is 0.417 e. The van der Waals surface area contributed by atoms with Gasteiger partial charge in [0.2, 0.25) is 5.91 Å². The first-order valence-electron chi connectivity index (χ1n) is 6.04. The van der Waals surface area contributed by atoms with Crippen LogP contribution in [-0.4, -0.2) is 11.9 Å². The Morgan fingerprint density at radius 3 is 2.60 bits per heavy atom. The summed E-state index contributed by atoms with van der Waals surface area (Å²) >= 11 is 0.